The summed E-state index contributed by atoms with van der Waals surface area (Å²) in [6.45, 7) is 0.107. The van der Waals surface area contributed by atoms with Crippen molar-refractivity contribution in [3.05, 3.63) is 23.8 Å². The molecule has 1 aliphatic carbocycles. The first-order valence-electron chi connectivity index (χ1n) is 5.90. The number of nitriles is 1. The number of aldehydes is 1. The first-order chi connectivity index (χ1) is 9.44. The van der Waals surface area contributed by atoms with E-state index in [9.17, 15) is 18.5 Å². The van der Waals surface area contributed by atoms with Gasteiger partial charge in [-0.1, -0.05) is 6.07 Å². The summed E-state index contributed by atoms with van der Waals surface area (Å²) < 4.78 is 34.0. The molecule has 1 aromatic rings. The van der Waals surface area contributed by atoms with Crippen LogP contribution in [-0.2, 0) is 14.6 Å². The van der Waals surface area contributed by atoms with Crippen LogP contribution >= 0.6 is 0 Å². The fraction of sp³-hybridized carbons (Fsp3) is 0.385. The smallest absolute Gasteiger partial charge is 0.231 e. The number of benzene rings is 1. The van der Waals surface area contributed by atoms with Gasteiger partial charge < -0.3 is 14.3 Å². The van der Waals surface area contributed by atoms with Gasteiger partial charge in [0.15, 0.2) is 21.3 Å². The molecule has 0 unspecified atom stereocenters. The van der Waals surface area contributed by atoms with E-state index in [1.807, 2.05) is 6.07 Å². The second kappa shape index (κ2) is 3.96. The second-order valence-corrected chi connectivity index (χ2v) is 7.17. The van der Waals surface area contributed by atoms with Crippen LogP contribution in [0.1, 0.15) is 11.5 Å². The first-order valence-corrected chi connectivity index (χ1v) is 7.85. The van der Waals surface area contributed by atoms with Crippen LogP contribution in [0.5, 0.6) is 11.5 Å². The predicted octanol–water partition coefficient (Wildman–Crippen LogP) is 0.635. The molecule has 6 nitrogen and oxygen atoms in total. The minimum Gasteiger partial charge on any atom is -0.454 e. The van der Waals surface area contributed by atoms with Crippen molar-refractivity contribution in [2.24, 2.45) is 5.41 Å². The number of ether oxygens (including phenoxy) is 2. The number of nitrogens with zero attached hydrogens (tertiary/aromatic N) is 1. The summed E-state index contributed by atoms with van der Waals surface area (Å²) in [5, 5.41) is 8.21. The second-order valence-electron chi connectivity index (χ2n) is 5.00. The van der Waals surface area contributed by atoms with Crippen molar-refractivity contribution in [3.8, 4) is 17.6 Å². The predicted molar refractivity (Wildman–Crippen MR) is 68.0 cm³/mol. The fourth-order valence-corrected chi connectivity index (χ4v) is 4.59. The van der Waals surface area contributed by atoms with Crippen LogP contribution in [-0.4, -0.2) is 33.0 Å². The SMILES string of the molecule is CS(=O)(=O)[C@H]1[C@H](c2ccc3c(c2)OCO3)[C@@]1(C#N)C=O. The summed E-state index contributed by atoms with van der Waals surface area (Å²) in [6, 6.07) is 6.81. The van der Waals surface area contributed by atoms with Gasteiger partial charge in [0, 0.05) is 12.2 Å². The molecule has 0 spiro atoms. The summed E-state index contributed by atoms with van der Waals surface area (Å²) >= 11 is 0. The molecule has 104 valence electrons. The van der Waals surface area contributed by atoms with Gasteiger partial charge in [-0.15, -0.1) is 0 Å². The van der Waals surface area contributed by atoms with E-state index >= 15 is 0 Å². The summed E-state index contributed by atoms with van der Waals surface area (Å²) in [4.78, 5) is 11.3. The number of fused-ring (bicyclic) bond motifs is 1. The highest BCUT2D eigenvalue weighted by molar-refractivity contribution is 7.91. The van der Waals surface area contributed by atoms with Crippen molar-refractivity contribution in [2.75, 3.05) is 13.0 Å². The van der Waals surface area contributed by atoms with E-state index < -0.39 is 26.4 Å². The van der Waals surface area contributed by atoms with Gasteiger partial charge in [0.1, 0.15) is 11.7 Å². The monoisotopic (exact) mass is 293 g/mol. The summed E-state index contributed by atoms with van der Waals surface area (Å²) in [5.41, 5.74) is -0.903. The molecule has 1 heterocycles. The van der Waals surface area contributed by atoms with Crippen LogP contribution in [0, 0.1) is 16.7 Å². The van der Waals surface area contributed by atoms with Gasteiger partial charge >= 0.3 is 0 Å². The Morgan fingerprint density at radius 3 is 2.65 bits per heavy atom. The summed E-state index contributed by atoms with van der Waals surface area (Å²) in [6.07, 6.45) is 1.48. The molecule has 0 aromatic heterocycles. The van der Waals surface area contributed by atoms with Gasteiger partial charge in [0.05, 0.1) is 11.3 Å². The Hall–Kier alpha value is -2.07. The Morgan fingerprint density at radius 2 is 2.10 bits per heavy atom. The minimum absolute atomic E-state index is 0.107. The van der Waals surface area contributed by atoms with Crippen molar-refractivity contribution in [1.29, 1.82) is 5.26 Å². The van der Waals surface area contributed by atoms with E-state index in [2.05, 4.69) is 0 Å². The Labute approximate surface area is 115 Å². The van der Waals surface area contributed by atoms with Crippen LogP contribution in [0.15, 0.2) is 18.2 Å². The average molecular weight is 293 g/mol. The number of hydrogen-bond acceptors (Lipinski definition) is 6. The lowest BCUT2D eigenvalue weighted by Gasteiger charge is -2.02. The van der Waals surface area contributed by atoms with Gasteiger partial charge in [-0.05, 0) is 17.7 Å². The molecule has 0 bridgehead atoms. The van der Waals surface area contributed by atoms with Gasteiger partial charge in [0.2, 0.25) is 6.79 Å². The van der Waals surface area contributed by atoms with Crippen LogP contribution in [0.25, 0.3) is 0 Å². The Morgan fingerprint density at radius 1 is 1.40 bits per heavy atom. The maximum Gasteiger partial charge on any atom is 0.231 e. The number of hydrogen-bond donors (Lipinski definition) is 0. The average Bonchev–Trinajstić information content (AvgIpc) is 2.89. The summed E-state index contributed by atoms with van der Waals surface area (Å²) in [5.74, 6) is 0.410. The quantitative estimate of drug-likeness (QED) is 0.759. The molecule has 7 heteroatoms. The molecule has 1 fully saturated rings. The summed E-state index contributed by atoms with van der Waals surface area (Å²) in [7, 11) is -3.50. The van der Waals surface area contributed by atoms with Crippen molar-refractivity contribution in [1.82, 2.24) is 0 Å². The lowest BCUT2D eigenvalue weighted by Crippen LogP contribution is -2.14. The number of sulfone groups is 1. The Bertz CT molecular complexity index is 736. The minimum atomic E-state index is -3.50. The normalized spacial score (nSPS) is 30.6. The van der Waals surface area contributed by atoms with Crippen LogP contribution in [0.3, 0.4) is 0 Å². The van der Waals surface area contributed by atoms with Crippen LogP contribution < -0.4 is 9.47 Å². The number of carbonyl (C=O) groups excluding carboxylic acids is 1. The highest BCUT2D eigenvalue weighted by Gasteiger charge is 2.71. The molecule has 2 aliphatic rings. The van der Waals surface area contributed by atoms with Crippen molar-refractivity contribution in [2.45, 2.75) is 11.2 Å². The lowest BCUT2D eigenvalue weighted by molar-refractivity contribution is -0.110. The largest absolute Gasteiger partial charge is 0.454 e. The van der Waals surface area contributed by atoms with E-state index in [1.54, 1.807) is 18.2 Å². The molecule has 0 N–H and O–H groups in total. The maximum atomic E-state index is 11.8. The van der Waals surface area contributed by atoms with Crippen molar-refractivity contribution < 1.29 is 22.7 Å². The zero-order valence-electron chi connectivity index (χ0n) is 10.6. The number of rotatable bonds is 3. The first kappa shape index (κ1) is 12.9. The standard InChI is InChI=1S/C13H11NO5S/c1-20(16,17)12-11(13(12,5-14)6-15)8-2-3-9-10(4-8)19-7-18-9/h2-4,6,11-12H,7H2,1H3/t11-,12-,13+/m0/s1. The van der Waals surface area contributed by atoms with Gasteiger partial charge in [-0.3, -0.25) is 0 Å². The third kappa shape index (κ3) is 1.61. The van der Waals surface area contributed by atoms with E-state index in [0.717, 1.165) is 6.26 Å². The number of carbonyl (C=O) groups is 1. The molecule has 1 saturated carbocycles. The molecular formula is C13H11NO5S. The molecule has 0 saturated heterocycles. The zero-order valence-corrected chi connectivity index (χ0v) is 11.4. The van der Waals surface area contributed by atoms with Gasteiger partial charge in [0.25, 0.3) is 0 Å². The Kier molecular flexibility index (Phi) is 2.56. The van der Waals surface area contributed by atoms with Gasteiger partial charge in [-0.2, -0.15) is 5.26 Å². The molecule has 1 aromatic carbocycles. The molecule has 0 amide bonds. The topological polar surface area (TPSA) is 93.5 Å². The van der Waals surface area contributed by atoms with E-state index in [-0.39, 0.29) is 6.79 Å². The van der Waals surface area contributed by atoms with E-state index in [1.165, 1.54) is 0 Å². The lowest BCUT2D eigenvalue weighted by atomic mass is 10.0. The molecular weight excluding hydrogens is 282 g/mol. The molecule has 3 atom stereocenters. The third-order valence-electron chi connectivity index (χ3n) is 3.78. The fourth-order valence-electron chi connectivity index (χ4n) is 2.83. The highest BCUT2D eigenvalue weighted by Crippen LogP contribution is 2.61. The third-order valence-corrected chi connectivity index (χ3v) is 5.37. The zero-order chi connectivity index (χ0) is 14.5. The highest BCUT2D eigenvalue weighted by atomic mass is 32.2. The van der Waals surface area contributed by atoms with Crippen LogP contribution in [0.4, 0.5) is 0 Å². The molecule has 3 rings (SSSR count). The van der Waals surface area contributed by atoms with Crippen molar-refractivity contribution >= 4 is 16.1 Å². The van der Waals surface area contributed by atoms with E-state index in [4.69, 9.17) is 9.47 Å². The molecule has 20 heavy (non-hydrogen) atoms. The molecule has 1 aliphatic heterocycles. The van der Waals surface area contributed by atoms with Crippen LogP contribution in [0.2, 0.25) is 0 Å². The van der Waals surface area contributed by atoms with E-state index in [0.29, 0.717) is 23.3 Å². The maximum absolute atomic E-state index is 11.8. The van der Waals surface area contributed by atoms with Crippen molar-refractivity contribution in [3.63, 3.8) is 0 Å². The van der Waals surface area contributed by atoms with Gasteiger partial charge in [-0.25, -0.2) is 8.42 Å². The molecule has 0 radical (unpaired) electrons. The Balaban J connectivity index is 2.06.